The summed E-state index contributed by atoms with van der Waals surface area (Å²) in [6.07, 6.45) is 0. The third-order valence-corrected chi connectivity index (χ3v) is 4.94. The Hall–Kier alpha value is -3.16. The number of nitrogens with zero attached hydrogens (tertiary/aromatic N) is 1. The molecule has 0 saturated carbocycles. The molecule has 28 heavy (non-hydrogen) atoms. The molecule has 2 aromatic carbocycles. The zero-order valence-electron chi connectivity index (χ0n) is 15.1. The number of anilines is 1. The molecule has 0 aromatic heterocycles. The van der Waals surface area contributed by atoms with Gasteiger partial charge < -0.3 is 20.3 Å². The van der Waals surface area contributed by atoms with Gasteiger partial charge in [-0.3, -0.25) is 14.5 Å². The van der Waals surface area contributed by atoms with Crippen molar-refractivity contribution < 1.29 is 24.5 Å². The number of hydrogen-bond acceptors (Lipinski definition) is 7. The number of aliphatic hydroxyl groups is 1. The van der Waals surface area contributed by atoms with Gasteiger partial charge in [0, 0.05) is 42.0 Å². The van der Waals surface area contributed by atoms with Gasteiger partial charge in [0.2, 0.25) is 5.78 Å². The lowest BCUT2D eigenvalue weighted by molar-refractivity contribution is -0.111. The van der Waals surface area contributed by atoms with Gasteiger partial charge in [0.15, 0.2) is 5.76 Å². The summed E-state index contributed by atoms with van der Waals surface area (Å²) in [5, 5.41) is 23.6. The van der Waals surface area contributed by atoms with E-state index in [0.29, 0.717) is 36.6 Å². The van der Waals surface area contributed by atoms with Gasteiger partial charge in [-0.05, 0) is 18.2 Å². The molecule has 0 amide bonds. The topological polar surface area (TPSA) is 99.1 Å². The van der Waals surface area contributed by atoms with E-state index in [4.69, 9.17) is 4.74 Å². The zero-order chi connectivity index (χ0) is 19.7. The van der Waals surface area contributed by atoms with Crippen molar-refractivity contribution in [1.29, 1.82) is 0 Å². The molecule has 4 rings (SSSR count). The van der Waals surface area contributed by atoms with Gasteiger partial charge in [-0.15, -0.1) is 0 Å². The molecule has 7 heteroatoms. The fourth-order valence-electron chi connectivity index (χ4n) is 3.42. The van der Waals surface area contributed by atoms with Crippen molar-refractivity contribution in [3.05, 3.63) is 64.9 Å². The number of carbonyl (C=O) groups is 2. The summed E-state index contributed by atoms with van der Waals surface area (Å²) in [5.74, 6) is -1.57. The van der Waals surface area contributed by atoms with E-state index in [-0.39, 0.29) is 22.8 Å². The summed E-state index contributed by atoms with van der Waals surface area (Å²) in [4.78, 5) is 27.0. The van der Waals surface area contributed by atoms with Crippen LogP contribution in [0.15, 0.2) is 48.2 Å². The molecule has 2 aromatic rings. The van der Waals surface area contributed by atoms with Crippen molar-refractivity contribution >= 4 is 23.0 Å². The molecular weight excluding hydrogens is 360 g/mol. The van der Waals surface area contributed by atoms with Crippen LogP contribution in [-0.4, -0.2) is 53.0 Å². The first-order valence-electron chi connectivity index (χ1n) is 9.05. The first-order chi connectivity index (χ1) is 13.5. The highest BCUT2D eigenvalue weighted by molar-refractivity contribution is 6.52. The highest BCUT2D eigenvalue weighted by atomic mass is 16.5. The van der Waals surface area contributed by atoms with E-state index in [0.717, 1.165) is 13.1 Å². The second-order valence-corrected chi connectivity index (χ2v) is 6.78. The summed E-state index contributed by atoms with van der Waals surface area (Å²) >= 11 is 0. The van der Waals surface area contributed by atoms with Gasteiger partial charge in [-0.25, -0.2) is 0 Å². The van der Waals surface area contributed by atoms with Crippen molar-refractivity contribution in [2.45, 2.75) is 6.54 Å². The summed E-state index contributed by atoms with van der Waals surface area (Å²) in [6, 6.07) is 11.3. The van der Waals surface area contributed by atoms with Gasteiger partial charge >= 0.3 is 0 Å². The van der Waals surface area contributed by atoms with Gasteiger partial charge in [0.1, 0.15) is 11.4 Å². The first-order valence-corrected chi connectivity index (χ1v) is 9.05. The van der Waals surface area contributed by atoms with Crippen LogP contribution in [-0.2, 0) is 16.1 Å². The number of ketones is 2. The second-order valence-electron chi connectivity index (χ2n) is 6.78. The van der Waals surface area contributed by atoms with Crippen molar-refractivity contribution in [2.75, 3.05) is 31.6 Å². The Morgan fingerprint density at radius 1 is 0.964 bits per heavy atom. The van der Waals surface area contributed by atoms with Crippen LogP contribution in [0.1, 0.15) is 21.5 Å². The van der Waals surface area contributed by atoms with Gasteiger partial charge in [0.25, 0.3) is 5.78 Å². The Kier molecular flexibility index (Phi) is 4.85. The maximum Gasteiger partial charge on any atom is 0.253 e. The second kappa shape index (κ2) is 7.46. The number of nitrogens with one attached hydrogen (secondary N) is 1. The minimum absolute atomic E-state index is 0.145. The quantitative estimate of drug-likeness (QED) is 0.553. The Labute approximate surface area is 161 Å². The molecule has 0 unspecified atom stereocenters. The Balaban J connectivity index is 1.63. The number of ether oxygens (including phenoxy) is 1. The van der Waals surface area contributed by atoms with Crippen LogP contribution < -0.4 is 5.32 Å². The smallest absolute Gasteiger partial charge is 0.253 e. The van der Waals surface area contributed by atoms with Crippen molar-refractivity contribution in [1.82, 2.24) is 4.90 Å². The van der Waals surface area contributed by atoms with Crippen LogP contribution >= 0.6 is 0 Å². The number of fused-ring (bicyclic) bond motifs is 1. The molecule has 1 heterocycles. The Bertz CT molecular complexity index is 977. The fourth-order valence-corrected chi connectivity index (χ4v) is 3.42. The number of Topliss-reactive ketones (excluding diaryl/α,β-unsaturated/α-hetero) is 2. The number of hydrogen-bond donors (Lipinski definition) is 3. The van der Waals surface area contributed by atoms with Gasteiger partial charge in [0.05, 0.1) is 13.2 Å². The standard InChI is InChI=1S/C21H20N2O5/c24-17-6-5-14(11-13(17)12-23-7-9-28-10-8-23)22-18-19(25)15-3-1-2-4-16(15)20(26)21(18)27/h1-6,11,22,24-25H,7-10,12H2. The van der Waals surface area contributed by atoms with Crippen LogP contribution in [0.2, 0.25) is 0 Å². The van der Waals surface area contributed by atoms with Crippen LogP contribution in [0.3, 0.4) is 0 Å². The molecule has 7 nitrogen and oxygen atoms in total. The van der Waals surface area contributed by atoms with Gasteiger partial charge in [-0.1, -0.05) is 24.3 Å². The van der Waals surface area contributed by atoms with E-state index in [1.165, 1.54) is 12.1 Å². The lowest BCUT2D eigenvalue weighted by atomic mass is 9.91. The monoisotopic (exact) mass is 380 g/mol. The lowest BCUT2D eigenvalue weighted by Gasteiger charge is -2.27. The van der Waals surface area contributed by atoms with Crippen molar-refractivity contribution in [2.24, 2.45) is 0 Å². The summed E-state index contributed by atoms with van der Waals surface area (Å²) < 4.78 is 5.33. The van der Waals surface area contributed by atoms with Crippen molar-refractivity contribution in [3.8, 4) is 5.75 Å². The molecule has 1 aliphatic heterocycles. The van der Waals surface area contributed by atoms with Crippen LogP contribution in [0.4, 0.5) is 5.69 Å². The van der Waals surface area contributed by atoms with E-state index in [1.54, 1.807) is 30.3 Å². The van der Waals surface area contributed by atoms with Crippen LogP contribution in [0.5, 0.6) is 5.75 Å². The molecule has 0 bridgehead atoms. The number of phenols is 1. The minimum Gasteiger partial charge on any atom is -0.508 e. The average Bonchev–Trinajstić information content (AvgIpc) is 2.72. The lowest BCUT2D eigenvalue weighted by Crippen LogP contribution is -2.35. The molecule has 0 spiro atoms. The number of carbonyl (C=O) groups excluding carboxylic acids is 2. The maximum atomic E-state index is 12.5. The Morgan fingerprint density at radius 2 is 1.68 bits per heavy atom. The molecule has 2 aliphatic rings. The molecule has 144 valence electrons. The summed E-state index contributed by atoms with van der Waals surface area (Å²) in [7, 11) is 0. The molecule has 1 fully saturated rings. The van der Waals surface area contributed by atoms with Crippen LogP contribution in [0.25, 0.3) is 5.76 Å². The highest BCUT2D eigenvalue weighted by Crippen LogP contribution is 2.30. The molecular formula is C21H20N2O5. The average molecular weight is 380 g/mol. The maximum absolute atomic E-state index is 12.5. The van der Waals surface area contributed by atoms with E-state index in [2.05, 4.69) is 10.2 Å². The van der Waals surface area contributed by atoms with E-state index in [9.17, 15) is 19.8 Å². The number of aliphatic hydroxyl groups excluding tert-OH is 1. The number of benzene rings is 2. The zero-order valence-corrected chi connectivity index (χ0v) is 15.1. The first kappa shape index (κ1) is 18.2. The molecule has 3 N–H and O–H groups in total. The number of aromatic hydroxyl groups is 1. The molecule has 1 saturated heterocycles. The third-order valence-electron chi connectivity index (χ3n) is 4.94. The molecule has 0 atom stereocenters. The number of rotatable bonds is 4. The highest BCUT2D eigenvalue weighted by Gasteiger charge is 2.33. The number of phenolic OH excluding ortho intramolecular Hbond substituents is 1. The minimum atomic E-state index is -0.793. The van der Waals surface area contributed by atoms with Gasteiger partial charge in [-0.2, -0.15) is 0 Å². The molecule has 1 aliphatic carbocycles. The summed E-state index contributed by atoms with van der Waals surface area (Å²) in [5.41, 5.74) is 1.54. The normalized spacial score (nSPS) is 17.6. The predicted octanol–water partition coefficient (Wildman–Crippen LogP) is 2.33. The van der Waals surface area contributed by atoms with E-state index >= 15 is 0 Å². The third kappa shape index (κ3) is 3.37. The van der Waals surface area contributed by atoms with E-state index < -0.39 is 11.6 Å². The fraction of sp³-hybridized carbons (Fsp3) is 0.238. The SMILES string of the molecule is O=C1C(=O)c2ccccc2C(O)=C1Nc1ccc(O)c(CN2CCOCC2)c1. The number of morpholine rings is 1. The largest absolute Gasteiger partial charge is 0.508 e. The number of allylic oxidation sites excluding steroid dienone is 1. The van der Waals surface area contributed by atoms with Crippen LogP contribution in [0, 0.1) is 0 Å². The van der Waals surface area contributed by atoms with E-state index in [1.807, 2.05) is 0 Å². The summed E-state index contributed by atoms with van der Waals surface area (Å²) in [6.45, 7) is 3.37. The predicted molar refractivity (Wildman–Crippen MR) is 103 cm³/mol. The van der Waals surface area contributed by atoms with Crippen molar-refractivity contribution in [3.63, 3.8) is 0 Å². The molecule has 0 radical (unpaired) electrons. The Morgan fingerprint density at radius 3 is 2.43 bits per heavy atom.